The first-order valence-corrected chi connectivity index (χ1v) is 5.86. The van der Waals surface area contributed by atoms with Crippen molar-refractivity contribution in [3.63, 3.8) is 0 Å². The number of hydrogen-bond donors (Lipinski definition) is 1. The molecule has 0 unspecified atom stereocenters. The number of hydrogen-bond acceptors (Lipinski definition) is 3. The fraction of sp³-hybridized carbons (Fsp3) is 0.273. The molecule has 3 nitrogen and oxygen atoms in total. The van der Waals surface area contributed by atoms with Gasteiger partial charge in [0, 0.05) is 16.5 Å². The maximum Gasteiger partial charge on any atom is 0.254 e. The van der Waals surface area contributed by atoms with Crippen molar-refractivity contribution in [1.29, 1.82) is 0 Å². The van der Waals surface area contributed by atoms with Crippen LogP contribution in [-0.4, -0.2) is 9.97 Å². The van der Waals surface area contributed by atoms with E-state index in [0.717, 1.165) is 29.7 Å². The average Bonchev–Trinajstić information content (AvgIpc) is 2.74. The summed E-state index contributed by atoms with van der Waals surface area (Å²) in [5, 5.41) is 4.01. The van der Waals surface area contributed by atoms with Gasteiger partial charge in [0.1, 0.15) is 0 Å². The largest absolute Gasteiger partial charge is 0.313 e. The van der Waals surface area contributed by atoms with E-state index < -0.39 is 0 Å². The minimum Gasteiger partial charge on any atom is -0.313 e. The Bertz CT molecular complexity index is 488. The number of rotatable bonds is 3. The van der Waals surface area contributed by atoms with Crippen molar-refractivity contribution in [2.45, 2.75) is 19.8 Å². The average molecular weight is 220 g/mol. The Morgan fingerprint density at radius 3 is 3.07 bits per heavy atom. The third-order valence-electron chi connectivity index (χ3n) is 2.24. The van der Waals surface area contributed by atoms with Crippen molar-refractivity contribution in [2.24, 2.45) is 0 Å². The van der Waals surface area contributed by atoms with Crippen molar-refractivity contribution in [2.75, 3.05) is 0 Å². The zero-order valence-electron chi connectivity index (χ0n) is 8.49. The van der Waals surface area contributed by atoms with E-state index in [1.54, 1.807) is 11.3 Å². The molecule has 78 valence electrons. The SMILES string of the molecule is CCCc1c(-c2ccsc2)nc[nH]c1=O. The van der Waals surface area contributed by atoms with Crippen molar-refractivity contribution < 1.29 is 0 Å². The molecular formula is C11H12N2OS. The first-order chi connectivity index (χ1) is 7.33. The summed E-state index contributed by atoms with van der Waals surface area (Å²) >= 11 is 1.61. The van der Waals surface area contributed by atoms with Crippen LogP contribution in [0.3, 0.4) is 0 Å². The van der Waals surface area contributed by atoms with Gasteiger partial charge < -0.3 is 4.98 Å². The molecule has 4 heteroatoms. The molecule has 1 N–H and O–H groups in total. The highest BCUT2D eigenvalue weighted by molar-refractivity contribution is 7.08. The molecule has 2 aromatic rings. The summed E-state index contributed by atoms with van der Waals surface area (Å²) in [7, 11) is 0. The molecular weight excluding hydrogens is 208 g/mol. The number of nitrogens with zero attached hydrogens (tertiary/aromatic N) is 1. The van der Waals surface area contributed by atoms with Crippen LogP contribution in [0.2, 0.25) is 0 Å². The first kappa shape index (κ1) is 10.1. The summed E-state index contributed by atoms with van der Waals surface area (Å²) in [5.41, 5.74) is 2.63. The number of thiophene rings is 1. The second-order valence-corrected chi connectivity index (χ2v) is 4.10. The van der Waals surface area contributed by atoms with Crippen molar-refractivity contribution >= 4 is 11.3 Å². The fourth-order valence-electron chi connectivity index (χ4n) is 1.56. The Labute approximate surface area is 91.8 Å². The van der Waals surface area contributed by atoms with Gasteiger partial charge in [-0.05, 0) is 17.9 Å². The van der Waals surface area contributed by atoms with E-state index in [4.69, 9.17) is 0 Å². The van der Waals surface area contributed by atoms with Gasteiger partial charge in [-0.25, -0.2) is 4.98 Å². The van der Waals surface area contributed by atoms with Crippen LogP contribution in [0.5, 0.6) is 0 Å². The summed E-state index contributed by atoms with van der Waals surface area (Å²) in [6.07, 6.45) is 3.19. The van der Waals surface area contributed by atoms with E-state index in [1.165, 1.54) is 6.33 Å². The van der Waals surface area contributed by atoms with Gasteiger partial charge in [-0.1, -0.05) is 13.3 Å². The molecule has 0 atom stereocenters. The lowest BCUT2D eigenvalue weighted by Gasteiger charge is -2.03. The summed E-state index contributed by atoms with van der Waals surface area (Å²) in [4.78, 5) is 18.5. The monoisotopic (exact) mass is 220 g/mol. The Kier molecular flexibility index (Phi) is 2.97. The Hall–Kier alpha value is -1.42. The molecule has 0 aliphatic rings. The van der Waals surface area contributed by atoms with Gasteiger partial charge in [0.15, 0.2) is 0 Å². The van der Waals surface area contributed by atoms with E-state index in [0.29, 0.717) is 0 Å². The van der Waals surface area contributed by atoms with E-state index >= 15 is 0 Å². The second-order valence-electron chi connectivity index (χ2n) is 3.32. The molecule has 0 amide bonds. The first-order valence-electron chi connectivity index (χ1n) is 4.92. The predicted molar refractivity (Wildman–Crippen MR) is 62.2 cm³/mol. The molecule has 2 heterocycles. The zero-order valence-corrected chi connectivity index (χ0v) is 9.30. The van der Waals surface area contributed by atoms with Crippen LogP contribution in [0.15, 0.2) is 27.9 Å². The third kappa shape index (κ3) is 1.99. The van der Waals surface area contributed by atoms with Crippen LogP contribution in [-0.2, 0) is 6.42 Å². The van der Waals surface area contributed by atoms with Crippen LogP contribution in [0.4, 0.5) is 0 Å². The third-order valence-corrected chi connectivity index (χ3v) is 2.93. The lowest BCUT2D eigenvalue weighted by atomic mass is 10.1. The van der Waals surface area contributed by atoms with Crippen LogP contribution in [0.25, 0.3) is 11.3 Å². The van der Waals surface area contributed by atoms with Gasteiger partial charge in [0.2, 0.25) is 0 Å². The predicted octanol–water partition coefficient (Wildman–Crippen LogP) is 2.45. The number of H-pyrrole nitrogens is 1. The van der Waals surface area contributed by atoms with Crippen LogP contribution < -0.4 is 5.56 Å². The van der Waals surface area contributed by atoms with Gasteiger partial charge in [0.25, 0.3) is 5.56 Å². The van der Waals surface area contributed by atoms with E-state index in [9.17, 15) is 4.79 Å². The maximum atomic E-state index is 11.6. The van der Waals surface area contributed by atoms with Gasteiger partial charge in [-0.2, -0.15) is 11.3 Å². The van der Waals surface area contributed by atoms with E-state index in [2.05, 4.69) is 16.9 Å². The topological polar surface area (TPSA) is 45.8 Å². The van der Waals surface area contributed by atoms with Gasteiger partial charge in [-0.15, -0.1) is 0 Å². The summed E-state index contributed by atoms with van der Waals surface area (Å²) in [5.74, 6) is 0. The highest BCUT2D eigenvalue weighted by atomic mass is 32.1. The molecule has 2 rings (SSSR count). The highest BCUT2D eigenvalue weighted by Gasteiger charge is 2.09. The Morgan fingerprint density at radius 2 is 2.40 bits per heavy atom. The lowest BCUT2D eigenvalue weighted by molar-refractivity contribution is 0.888. The zero-order chi connectivity index (χ0) is 10.7. The molecule has 0 fully saturated rings. The number of nitrogens with one attached hydrogen (secondary N) is 1. The smallest absolute Gasteiger partial charge is 0.254 e. The minimum atomic E-state index is -0.0203. The molecule has 0 aromatic carbocycles. The summed E-state index contributed by atoms with van der Waals surface area (Å²) in [6.45, 7) is 2.06. The van der Waals surface area contributed by atoms with Crippen LogP contribution in [0, 0.1) is 0 Å². The van der Waals surface area contributed by atoms with Crippen molar-refractivity contribution in [1.82, 2.24) is 9.97 Å². The fourth-order valence-corrected chi connectivity index (χ4v) is 2.20. The quantitative estimate of drug-likeness (QED) is 0.863. The number of aromatic amines is 1. The summed E-state index contributed by atoms with van der Waals surface area (Å²) in [6, 6.07) is 1.99. The van der Waals surface area contributed by atoms with Crippen molar-refractivity contribution in [3.8, 4) is 11.3 Å². The van der Waals surface area contributed by atoms with E-state index in [1.807, 2.05) is 16.8 Å². The Morgan fingerprint density at radius 1 is 1.53 bits per heavy atom. The molecule has 2 aromatic heterocycles. The van der Waals surface area contributed by atoms with Crippen molar-refractivity contribution in [3.05, 3.63) is 39.1 Å². The molecule has 0 radical (unpaired) electrons. The molecule has 15 heavy (non-hydrogen) atoms. The summed E-state index contributed by atoms with van der Waals surface area (Å²) < 4.78 is 0. The molecule has 0 saturated heterocycles. The molecule has 0 spiro atoms. The molecule has 0 saturated carbocycles. The molecule has 0 bridgehead atoms. The normalized spacial score (nSPS) is 10.5. The lowest BCUT2D eigenvalue weighted by Crippen LogP contribution is -2.14. The molecule has 0 aliphatic heterocycles. The van der Waals surface area contributed by atoms with E-state index in [-0.39, 0.29) is 5.56 Å². The number of aromatic nitrogens is 2. The maximum absolute atomic E-state index is 11.6. The highest BCUT2D eigenvalue weighted by Crippen LogP contribution is 2.21. The Balaban J connectivity index is 2.56. The van der Waals surface area contributed by atoms with Crippen LogP contribution in [0.1, 0.15) is 18.9 Å². The second kappa shape index (κ2) is 4.40. The standard InChI is InChI=1S/C11H12N2OS/c1-2-3-9-10(8-4-5-15-6-8)12-7-13-11(9)14/h4-7H,2-3H2,1H3,(H,12,13,14). The van der Waals surface area contributed by atoms with Gasteiger partial charge >= 0.3 is 0 Å². The van der Waals surface area contributed by atoms with Gasteiger partial charge in [0.05, 0.1) is 12.0 Å². The van der Waals surface area contributed by atoms with Crippen LogP contribution >= 0.6 is 11.3 Å². The molecule has 0 aliphatic carbocycles. The van der Waals surface area contributed by atoms with Gasteiger partial charge in [-0.3, -0.25) is 4.79 Å². The minimum absolute atomic E-state index is 0.0203.